The van der Waals surface area contributed by atoms with Gasteiger partial charge >= 0.3 is 0 Å². The average Bonchev–Trinajstić information content (AvgIpc) is 2.75. The summed E-state index contributed by atoms with van der Waals surface area (Å²) in [5.74, 6) is 5.62. The molecule has 0 aliphatic carbocycles. The third-order valence-corrected chi connectivity index (χ3v) is 4.86. The summed E-state index contributed by atoms with van der Waals surface area (Å²) in [5, 5.41) is 0. The topological polar surface area (TPSA) is 3.24 Å². The highest BCUT2D eigenvalue weighted by Gasteiger charge is 2.41. The number of benzene rings is 3. The number of rotatable bonds is 7. The summed E-state index contributed by atoms with van der Waals surface area (Å²) in [5.41, 5.74) is 3.02. The molecule has 0 heterocycles. The van der Waals surface area contributed by atoms with Gasteiger partial charge in [-0.05, 0) is 16.7 Å². The van der Waals surface area contributed by atoms with Gasteiger partial charge in [-0.25, -0.2) is 0 Å². The lowest BCUT2D eigenvalue weighted by atomic mass is 9.75. The van der Waals surface area contributed by atoms with E-state index < -0.39 is 5.54 Å². The van der Waals surface area contributed by atoms with Crippen molar-refractivity contribution >= 4 is 0 Å². The van der Waals surface area contributed by atoms with Crippen molar-refractivity contribution in [3.05, 3.63) is 108 Å². The Labute approximate surface area is 162 Å². The van der Waals surface area contributed by atoms with Gasteiger partial charge in [0, 0.05) is 13.0 Å². The fourth-order valence-corrected chi connectivity index (χ4v) is 3.76. The van der Waals surface area contributed by atoms with E-state index in [1.54, 1.807) is 0 Å². The molecule has 0 N–H and O–H groups in total. The minimum absolute atomic E-state index is 0.500. The Morgan fingerprint density at radius 3 is 1.37 bits per heavy atom. The van der Waals surface area contributed by atoms with Crippen molar-refractivity contribution < 1.29 is 0 Å². The summed E-state index contributed by atoms with van der Waals surface area (Å²) in [6, 6.07) is 31.6. The molecule has 3 aromatic rings. The van der Waals surface area contributed by atoms with Crippen LogP contribution in [0.5, 0.6) is 0 Å². The van der Waals surface area contributed by atoms with Crippen molar-refractivity contribution in [2.45, 2.75) is 12.0 Å². The summed E-state index contributed by atoms with van der Waals surface area (Å²) in [6.07, 6.45) is 12.0. The average molecular weight is 349 g/mol. The Bertz CT molecular complexity index is 818. The normalized spacial score (nSPS) is 10.9. The lowest BCUT2D eigenvalue weighted by molar-refractivity contribution is 0.183. The molecule has 0 unspecified atom stereocenters. The van der Waals surface area contributed by atoms with Crippen molar-refractivity contribution in [1.29, 1.82) is 0 Å². The molecule has 0 bridgehead atoms. The molecule has 0 radical (unpaired) electrons. The molecule has 3 aromatic carbocycles. The number of hydrogen-bond acceptors (Lipinski definition) is 1. The molecule has 0 aromatic heterocycles. The predicted octanol–water partition coefficient (Wildman–Crippen LogP) is 4.94. The second-order valence-electron chi connectivity index (χ2n) is 6.39. The van der Waals surface area contributed by atoms with E-state index in [1.165, 1.54) is 16.7 Å². The van der Waals surface area contributed by atoms with Crippen LogP contribution in [0.25, 0.3) is 0 Å². The predicted molar refractivity (Wildman–Crippen MR) is 113 cm³/mol. The van der Waals surface area contributed by atoms with Crippen LogP contribution < -0.4 is 0 Å². The Hall–Kier alpha value is -3.26. The van der Waals surface area contributed by atoms with Crippen LogP contribution in [0.2, 0.25) is 0 Å². The van der Waals surface area contributed by atoms with E-state index in [0.717, 1.165) is 0 Å². The summed E-state index contributed by atoms with van der Waals surface area (Å²) >= 11 is 0. The van der Waals surface area contributed by atoms with Crippen LogP contribution >= 0.6 is 0 Å². The number of terminal acetylenes is 2. The van der Waals surface area contributed by atoms with Crippen molar-refractivity contribution in [3.63, 3.8) is 0 Å². The molecule has 0 saturated carbocycles. The Kier molecular flexibility index (Phi) is 6.11. The minimum Gasteiger partial charge on any atom is -0.274 e. The van der Waals surface area contributed by atoms with Crippen LogP contribution in [-0.4, -0.2) is 18.0 Å². The number of nitrogens with zero attached hydrogens (tertiary/aromatic N) is 1. The molecule has 1 heteroatoms. The lowest BCUT2D eigenvalue weighted by Crippen LogP contribution is -2.48. The molecule has 0 atom stereocenters. The van der Waals surface area contributed by atoms with Crippen molar-refractivity contribution in [2.75, 3.05) is 13.1 Å². The van der Waals surface area contributed by atoms with E-state index >= 15 is 0 Å². The highest BCUT2D eigenvalue weighted by molar-refractivity contribution is 5.49. The molecule has 1 nitrogen and oxygen atoms in total. The summed E-state index contributed by atoms with van der Waals surface area (Å²) in [4.78, 5) is 2.31. The van der Waals surface area contributed by atoms with E-state index in [-0.39, 0.29) is 0 Å². The second kappa shape index (κ2) is 8.91. The third-order valence-electron chi connectivity index (χ3n) is 4.86. The Morgan fingerprint density at radius 1 is 0.630 bits per heavy atom. The standard InChI is InChI=1S/C26H23N/c1-3-5-22-27(21-4-2)26(23-15-9-6-10-16-23,24-17-11-7-12-18-24)25-19-13-8-14-20-25/h1-2,6-20H,5,21-22H2. The van der Waals surface area contributed by atoms with Gasteiger partial charge in [0.2, 0.25) is 0 Å². The zero-order chi connectivity index (χ0) is 19.0. The summed E-state index contributed by atoms with van der Waals surface area (Å²) in [6.45, 7) is 1.21. The first-order valence-corrected chi connectivity index (χ1v) is 9.12. The van der Waals surface area contributed by atoms with Gasteiger partial charge in [-0.3, -0.25) is 4.90 Å². The van der Waals surface area contributed by atoms with Gasteiger partial charge < -0.3 is 0 Å². The molecule has 27 heavy (non-hydrogen) atoms. The zero-order valence-corrected chi connectivity index (χ0v) is 15.4. The third kappa shape index (κ3) is 3.65. The zero-order valence-electron chi connectivity index (χ0n) is 15.4. The molecule has 0 spiro atoms. The van der Waals surface area contributed by atoms with Crippen LogP contribution in [0, 0.1) is 24.7 Å². The fraction of sp³-hybridized carbons (Fsp3) is 0.154. The van der Waals surface area contributed by atoms with Gasteiger partial charge in [0.25, 0.3) is 0 Å². The van der Waals surface area contributed by atoms with Crippen LogP contribution in [0.1, 0.15) is 23.1 Å². The van der Waals surface area contributed by atoms with Crippen molar-refractivity contribution in [2.24, 2.45) is 0 Å². The first-order chi connectivity index (χ1) is 13.3. The maximum absolute atomic E-state index is 5.79. The highest BCUT2D eigenvalue weighted by atomic mass is 15.2. The van der Waals surface area contributed by atoms with Gasteiger partial charge in [-0.15, -0.1) is 18.8 Å². The molecule has 0 saturated heterocycles. The van der Waals surface area contributed by atoms with E-state index in [1.807, 2.05) is 18.2 Å². The number of hydrogen-bond donors (Lipinski definition) is 0. The van der Waals surface area contributed by atoms with Gasteiger partial charge in [-0.2, -0.15) is 0 Å². The summed E-state index contributed by atoms with van der Waals surface area (Å²) in [7, 11) is 0. The van der Waals surface area contributed by atoms with Gasteiger partial charge in [0.05, 0.1) is 12.1 Å². The molecule has 0 fully saturated rings. The molecule has 0 aliphatic rings. The second-order valence-corrected chi connectivity index (χ2v) is 6.39. The van der Waals surface area contributed by atoms with Gasteiger partial charge in [-0.1, -0.05) is 96.9 Å². The fourth-order valence-electron chi connectivity index (χ4n) is 3.76. The largest absolute Gasteiger partial charge is 0.274 e. The van der Waals surface area contributed by atoms with Crippen LogP contribution in [0.15, 0.2) is 91.0 Å². The maximum atomic E-state index is 5.79. The first-order valence-electron chi connectivity index (χ1n) is 9.12. The van der Waals surface area contributed by atoms with Crippen LogP contribution in [-0.2, 0) is 5.54 Å². The molecular weight excluding hydrogens is 326 g/mol. The molecular formula is C26H23N. The molecule has 0 amide bonds. The van der Waals surface area contributed by atoms with Gasteiger partial charge in [0.1, 0.15) is 0 Å². The smallest absolute Gasteiger partial charge is 0.0980 e. The first kappa shape index (κ1) is 18.5. The molecule has 3 rings (SSSR count). The Morgan fingerprint density at radius 2 is 1.04 bits per heavy atom. The summed E-state index contributed by atoms with van der Waals surface area (Å²) < 4.78 is 0. The van der Waals surface area contributed by atoms with Crippen LogP contribution in [0.4, 0.5) is 0 Å². The monoisotopic (exact) mass is 349 g/mol. The quantitative estimate of drug-likeness (QED) is 0.431. The van der Waals surface area contributed by atoms with Crippen molar-refractivity contribution in [1.82, 2.24) is 4.90 Å². The molecule has 0 aliphatic heterocycles. The van der Waals surface area contributed by atoms with E-state index in [0.29, 0.717) is 19.5 Å². The van der Waals surface area contributed by atoms with E-state index in [9.17, 15) is 0 Å². The van der Waals surface area contributed by atoms with E-state index in [2.05, 4.69) is 89.5 Å². The van der Waals surface area contributed by atoms with E-state index in [4.69, 9.17) is 12.8 Å². The highest BCUT2D eigenvalue weighted by Crippen LogP contribution is 2.42. The lowest BCUT2D eigenvalue weighted by Gasteiger charge is -2.45. The van der Waals surface area contributed by atoms with Crippen LogP contribution in [0.3, 0.4) is 0 Å². The molecule has 132 valence electrons. The van der Waals surface area contributed by atoms with Crippen molar-refractivity contribution in [3.8, 4) is 24.7 Å². The minimum atomic E-state index is -0.507. The Balaban J connectivity index is 2.35. The van der Waals surface area contributed by atoms with Gasteiger partial charge in [0.15, 0.2) is 0 Å². The SMILES string of the molecule is C#CCCN(CC#C)C(c1ccccc1)(c1ccccc1)c1ccccc1. The maximum Gasteiger partial charge on any atom is 0.0980 e.